The van der Waals surface area contributed by atoms with Gasteiger partial charge in [-0.15, -0.1) is 0 Å². The zero-order valence-corrected chi connectivity index (χ0v) is 10.8. The molecule has 1 N–H and O–H groups in total. The third-order valence-electron chi connectivity index (χ3n) is 3.45. The highest BCUT2D eigenvalue weighted by Crippen LogP contribution is 2.36. The van der Waals surface area contributed by atoms with Crippen LogP contribution in [0.1, 0.15) is 11.1 Å². The molecule has 20 heavy (non-hydrogen) atoms. The van der Waals surface area contributed by atoms with Crippen LogP contribution < -0.4 is 0 Å². The number of H-pyrrole nitrogens is 1. The fraction of sp³-hybridized carbons (Fsp3) is 0.125. The van der Waals surface area contributed by atoms with E-state index in [1.165, 1.54) is 13.0 Å². The molecular formula is C16H12F3N. The number of fused-ring (bicyclic) bond motifs is 1. The fourth-order valence-electron chi connectivity index (χ4n) is 2.43. The first-order valence-corrected chi connectivity index (χ1v) is 6.22. The average Bonchev–Trinajstić information content (AvgIpc) is 2.83. The second-order valence-electron chi connectivity index (χ2n) is 4.75. The number of hydrogen-bond acceptors (Lipinski definition) is 0. The van der Waals surface area contributed by atoms with Crippen molar-refractivity contribution in [2.75, 3.05) is 0 Å². The lowest BCUT2D eigenvalue weighted by molar-refractivity contribution is -0.137. The molecule has 1 heterocycles. The normalized spacial score (nSPS) is 12.0. The Morgan fingerprint density at radius 2 is 1.65 bits per heavy atom. The number of aromatic nitrogens is 1. The zero-order chi connectivity index (χ0) is 14.3. The number of hydrogen-bond donors (Lipinski definition) is 1. The maximum atomic E-state index is 12.9. The summed E-state index contributed by atoms with van der Waals surface area (Å²) >= 11 is 0. The van der Waals surface area contributed by atoms with Crippen molar-refractivity contribution in [3.8, 4) is 11.3 Å². The van der Waals surface area contributed by atoms with E-state index in [9.17, 15) is 13.2 Å². The van der Waals surface area contributed by atoms with E-state index in [0.717, 1.165) is 22.7 Å². The summed E-state index contributed by atoms with van der Waals surface area (Å²) in [6, 6.07) is 14.1. The van der Waals surface area contributed by atoms with Gasteiger partial charge in [0.05, 0.1) is 5.56 Å². The lowest BCUT2D eigenvalue weighted by atomic mass is 10.1. The van der Waals surface area contributed by atoms with Gasteiger partial charge >= 0.3 is 6.18 Å². The van der Waals surface area contributed by atoms with Gasteiger partial charge in [-0.1, -0.05) is 36.4 Å². The summed E-state index contributed by atoms with van der Waals surface area (Å²) in [6.07, 6.45) is -4.32. The molecule has 0 saturated heterocycles. The van der Waals surface area contributed by atoms with E-state index in [1.807, 2.05) is 36.4 Å². The van der Waals surface area contributed by atoms with Gasteiger partial charge in [0, 0.05) is 16.6 Å². The highest BCUT2D eigenvalue weighted by Gasteiger charge is 2.33. The molecule has 3 aromatic rings. The maximum absolute atomic E-state index is 12.9. The molecule has 0 fully saturated rings. The van der Waals surface area contributed by atoms with Crippen molar-refractivity contribution in [2.45, 2.75) is 13.1 Å². The fourth-order valence-corrected chi connectivity index (χ4v) is 2.43. The van der Waals surface area contributed by atoms with Crippen molar-refractivity contribution in [1.82, 2.24) is 4.98 Å². The molecule has 0 aliphatic rings. The molecule has 1 aromatic heterocycles. The second-order valence-corrected chi connectivity index (χ2v) is 4.75. The standard InChI is InChI=1S/C16H12F3N/c1-10-13(16(17,18)19)8-7-12-9-14(20-15(10)12)11-5-3-2-4-6-11/h2-9,20H,1H3. The molecule has 0 spiro atoms. The first-order chi connectivity index (χ1) is 9.47. The predicted molar refractivity (Wildman–Crippen MR) is 73.5 cm³/mol. The Kier molecular flexibility index (Phi) is 2.82. The minimum Gasteiger partial charge on any atom is -0.354 e. The predicted octanol–water partition coefficient (Wildman–Crippen LogP) is 5.16. The van der Waals surface area contributed by atoms with Gasteiger partial charge in [0.1, 0.15) is 0 Å². The minimum absolute atomic E-state index is 0.234. The second kappa shape index (κ2) is 4.40. The van der Waals surface area contributed by atoms with Gasteiger partial charge in [-0.05, 0) is 30.2 Å². The zero-order valence-electron chi connectivity index (χ0n) is 10.8. The van der Waals surface area contributed by atoms with Gasteiger partial charge in [0.15, 0.2) is 0 Å². The summed E-state index contributed by atoms with van der Waals surface area (Å²) in [5.41, 5.74) is 1.96. The molecule has 2 aromatic carbocycles. The van der Waals surface area contributed by atoms with Gasteiger partial charge in [-0.2, -0.15) is 13.2 Å². The van der Waals surface area contributed by atoms with Crippen LogP contribution in [0, 0.1) is 6.92 Å². The van der Waals surface area contributed by atoms with Crippen molar-refractivity contribution < 1.29 is 13.2 Å². The van der Waals surface area contributed by atoms with E-state index in [4.69, 9.17) is 0 Å². The van der Waals surface area contributed by atoms with E-state index < -0.39 is 11.7 Å². The summed E-state index contributed by atoms with van der Waals surface area (Å²) in [6.45, 7) is 1.50. The molecular weight excluding hydrogens is 263 g/mol. The van der Waals surface area contributed by atoms with E-state index in [-0.39, 0.29) is 5.56 Å². The van der Waals surface area contributed by atoms with Crippen LogP contribution >= 0.6 is 0 Å². The molecule has 102 valence electrons. The van der Waals surface area contributed by atoms with Crippen LogP contribution in [0.2, 0.25) is 0 Å². The van der Waals surface area contributed by atoms with Crippen LogP contribution in [0.25, 0.3) is 22.2 Å². The van der Waals surface area contributed by atoms with Crippen molar-refractivity contribution in [1.29, 1.82) is 0 Å². The number of aromatic amines is 1. The number of aryl methyl sites for hydroxylation is 1. The summed E-state index contributed by atoms with van der Waals surface area (Å²) in [5, 5.41) is 0.786. The van der Waals surface area contributed by atoms with Gasteiger partial charge in [0.25, 0.3) is 0 Å². The summed E-state index contributed by atoms with van der Waals surface area (Å²) in [7, 11) is 0. The van der Waals surface area contributed by atoms with Crippen molar-refractivity contribution >= 4 is 10.9 Å². The van der Waals surface area contributed by atoms with Crippen LogP contribution in [0.15, 0.2) is 48.5 Å². The lowest BCUT2D eigenvalue weighted by Crippen LogP contribution is -2.07. The summed E-state index contributed by atoms with van der Waals surface area (Å²) < 4.78 is 38.7. The minimum atomic E-state index is -4.32. The van der Waals surface area contributed by atoms with E-state index >= 15 is 0 Å². The topological polar surface area (TPSA) is 15.8 Å². The van der Waals surface area contributed by atoms with E-state index in [1.54, 1.807) is 0 Å². The van der Waals surface area contributed by atoms with E-state index in [2.05, 4.69) is 4.98 Å². The van der Waals surface area contributed by atoms with Crippen LogP contribution in [0.4, 0.5) is 13.2 Å². The largest absolute Gasteiger partial charge is 0.416 e. The third kappa shape index (κ3) is 2.07. The number of halogens is 3. The molecule has 1 nitrogen and oxygen atoms in total. The van der Waals surface area contributed by atoms with Gasteiger partial charge < -0.3 is 4.98 Å². The molecule has 0 aliphatic heterocycles. The Morgan fingerprint density at radius 1 is 0.950 bits per heavy atom. The van der Waals surface area contributed by atoms with Crippen LogP contribution in [0.5, 0.6) is 0 Å². The maximum Gasteiger partial charge on any atom is 0.416 e. The molecule has 0 unspecified atom stereocenters. The quantitative estimate of drug-likeness (QED) is 0.631. The monoisotopic (exact) mass is 275 g/mol. The smallest absolute Gasteiger partial charge is 0.354 e. The van der Waals surface area contributed by atoms with E-state index in [0.29, 0.717) is 5.52 Å². The SMILES string of the molecule is Cc1c(C(F)(F)F)ccc2cc(-c3ccccc3)[nH]c12. The Hall–Kier alpha value is -2.23. The number of alkyl halides is 3. The van der Waals surface area contributed by atoms with Crippen LogP contribution in [-0.2, 0) is 6.18 Å². The number of benzene rings is 2. The first-order valence-electron chi connectivity index (χ1n) is 6.22. The molecule has 0 atom stereocenters. The molecule has 3 rings (SSSR count). The van der Waals surface area contributed by atoms with Gasteiger partial charge in [-0.3, -0.25) is 0 Å². The summed E-state index contributed by atoms with van der Waals surface area (Å²) in [5.74, 6) is 0. The van der Waals surface area contributed by atoms with Crippen LogP contribution in [0.3, 0.4) is 0 Å². The highest BCUT2D eigenvalue weighted by atomic mass is 19.4. The van der Waals surface area contributed by atoms with Crippen molar-refractivity contribution in [3.05, 3.63) is 59.7 Å². The average molecular weight is 275 g/mol. The van der Waals surface area contributed by atoms with Crippen molar-refractivity contribution in [3.63, 3.8) is 0 Å². The Balaban J connectivity index is 2.20. The van der Waals surface area contributed by atoms with Crippen LogP contribution in [-0.4, -0.2) is 4.98 Å². The molecule has 0 aliphatic carbocycles. The lowest BCUT2D eigenvalue weighted by Gasteiger charge is -2.10. The Morgan fingerprint density at radius 3 is 2.30 bits per heavy atom. The number of rotatable bonds is 1. The molecule has 0 radical (unpaired) electrons. The molecule has 0 saturated carbocycles. The summed E-state index contributed by atoms with van der Waals surface area (Å²) in [4.78, 5) is 3.09. The van der Waals surface area contributed by atoms with Gasteiger partial charge in [0.2, 0.25) is 0 Å². The molecule has 0 amide bonds. The third-order valence-corrected chi connectivity index (χ3v) is 3.45. The first kappa shape index (κ1) is 12.8. The Labute approximate surface area is 114 Å². The molecule has 4 heteroatoms. The molecule has 0 bridgehead atoms. The van der Waals surface area contributed by atoms with Gasteiger partial charge in [-0.25, -0.2) is 0 Å². The number of nitrogens with one attached hydrogen (secondary N) is 1. The Bertz CT molecular complexity index is 754. The van der Waals surface area contributed by atoms with Crippen molar-refractivity contribution in [2.24, 2.45) is 0 Å². The highest BCUT2D eigenvalue weighted by molar-refractivity contribution is 5.89.